The Kier molecular flexibility index (Phi) is 4.67. The summed E-state index contributed by atoms with van der Waals surface area (Å²) >= 11 is 0. The first kappa shape index (κ1) is 15.8. The smallest absolute Gasteiger partial charge is 0.337 e. The Morgan fingerprint density at radius 2 is 1.73 bits per heavy atom. The lowest BCUT2D eigenvalue weighted by molar-refractivity contribution is 0.0600. The minimum atomic E-state index is -3.73. The van der Waals surface area contributed by atoms with E-state index in [1.54, 1.807) is 18.2 Å². The Morgan fingerprint density at radius 1 is 1.05 bits per heavy atom. The van der Waals surface area contributed by atoms with Crippen molar-refractivity contribution >= 4 is 21.7 Å². The monoisotopic (exact) mass is 321 g/mol. The van der Waals surface area contributed by atoms with Crippen molar-refractivity contribution < 1.29 is 22.7 Å². The zero-order valence-electron chi connectivity index (χ0n) is 12.1. The lowest BCUT2D eigenvalue weighted by Crippen LogP contribution is -2.14. The fourth-order valence-corrected chi connectivity index (χ4v) is 2.92. The van der Waals surface area contributed by atoms with E-state index in [4.69, 9.17) is 4.74 Å². The normalized spacial score (nSPS) is 10.8. The molecule has 7 heteroatoms. The summed E-state index contributed by atoms with van der Waals surface area (Å²) in [5.41, 5.74) is 0.501. The molecule has 6 nitrogen and oxygen atoms in total. The molecule has 22 heavy (non-hydrogen) atoms. The van der Waals surface area contributed by atoms with E-state index in [0.29, 0.717) is 0 Å². The number of carbonyl (C=O) groups excluding carboxylic acids is 1. The van der Waals surface area contributed by atoms with Crippen LogP contribution >= 0.6 is 0 Å². The Labute approximate surface area is 128 Å². The molecule has 0 saturated carbocycles. The van der Waals surface area contributed by atoms with Gasteiger partial charge in [-0.1, -0.05) is 18.2 Å². The Balaban J connectivity index is 2.36. The van der Waals surface area contributed by atoms with Crippen LogP contribution < -0.4 is 9.46 Å². The van der Waals surface area contributed by atoms with Gasteiger partial charge in [-0.25, -0.2) is 13.2 Å². The van der Waals surface area contributed by atoms with Gasteiger partial charge in [-0.05, 0) is 30.3 Å². The number of methoxy groups -OCH3 is 2. The van der Waals surface area contributed by atoms with Crippen LogP contribution in [0.2, 0.25) is 0 Å². The standard InChI is InChI=1S/C15H15NO5S/c1-20-14-10-11(15(17)21-2)8-9-13(14)16-22(18,19)12-6-4-3-5-7-12/h3-10,16H,1-2H3. The molecule has 0 unspecified atom stereocenters. The van der Waals surface area contributed by atoms with Crippen molar-refractivity contribution in [2.45, 2.75) is 4.90 Å². The molecule has 0 aliphatic rings. The van der Waals surface area contributed by atoms with Crippen LogP contribution in [-0.2, 0) is 14.8 Å². The van der Waals surface area contributed by atoms with Crippen molar-refractivity contribution in [1.82, 2.24) is 0 Å². The van der Waals surface area contributed by atoms with E-state index in [1.165, 1.54) is 44.6 Å². The van der Waals surface area contributed by atoms with Gasteiger partial charge in [0.25, 0.3) is 10.0 Å². The molecule has 0 amide bonds. The number of rotatable bonds is 5. The second kappa shape index (κ2) is 6.48. The van der Waals surface area contributed by atoms with E-state index in [-0.39, 0.29) is 21.9 Å². The highest BCUT2D eigenvalue weighted by molar-refractivity contribution is 7.92. The number of sulfonamides is 1. The summed E-state index contributed by atoms with van der Waals surface area (Å²) in [5.74, 6) is -0.307. The molecule has 0 bridgehead atoms. The fourth-order valence-electron chi connectivity index (χ4n) is 1.82. The highest BCUT2D eigenvalue weighted by atomic mass is 32.2. The average Bonchev–Trinajstić information content (AvgIpc) is 2.55. The Morgan fingerprint density at radius 3 is 2.32 bits per heavy atom. The number of benzene rings is 2. The number of anilines is 1. The van der Waals surface area contributed by atoms with Crippen LogP contribution in [0.1, 0.15) is 10.4 Å². The van der Waals surface area contributed by atoms with E-state index < -0.39 is 16.0 Å². The molecule has 0 radical (unpaired) electrons. The van der Waals surface area contributed by atoms with Gasteiger partial charge in [0.1, 0.15) is 5.75 Å². The Hall–Kier alpha value is -2.54. The zero-order valence-corrected chi connectivity index (χ0v) is 12.9. The second-order valence-electron chi connectivity index (χ2n) is 4.33. The lowest BCUT2D eigenvalue weighted by atomic mass is 10.2. The van der Waals surface area contributed by atoms with Gasteiger partial charge in [-0.2, -0.15) is 0 Å². The average molecular weight is 321 g/mol. The van der Waals surface area contributed by atoms with Crippen LogP contribution in [0.3, 0.4) is 0 Å². The molecule has 0 saturated heterocycles. The van der Waals surface area contributed by atoms with Gasteiger partial charge < -0.3 is 9.47 Å². The van der Waals surface area contributed by atoms with E-state index in [9.17, 15) is 13.2 Å². The molecule has 0 aromatic heterocycles. The predicted molar refractivity (Wildman–Crippen MR) is 81.6 cm³/mol. The first-order valence-corrected chi connectivity index (χ1v) is 7.80. The van der Waals surface area contributed by atoms with Crippen LogP contribution in [0.5, 0.6) is 5.75 Å². The summed E-state index contributed by atoms with van der Waals surface area (Å²) in [5, 5.41) is 0. The van der Waals surface area contributed by atoms with Gasteiger partial charge in [-0.3, -0.25) is 4.72 Å². The largest absolute Gasteiger partial charge is 0.495 e. The van der Waals surface area contributed by atoms with Gasteiger partial charge >= 0.3 is 5.97 Å². The molecule has 0 heterocycles. The maximum Gasteiger partial charge on any atom is 0.337 e. The molecular formula is C15H15NO5S. The SMILES string of the molecule is COC(=O)c1ccc(NS(=O)(=O)c2ccccc2)c(OC)c1. The van der Waals surface area contributed by atoms with Crippen LogP contribution in [0, 0.1) is 0 Å². The Bertz CT molecular complexity index is 772. The van der Waals surface area contributed by atoms with Crippen LogP contribution in [-0.4, -0.2) is 28.6 Å². The summed E-state index contributed by atoms with van der Waals surface area (Å²) in [6.45, 7) is 0. The summed E-state index contributed by atoms with van der Waals surface area (Å²) in [6, 6.07) is 12.3. The molecular weight excluding hydrogens is 306 g/mol. The quantitative estimate of drug-likeness (QED) is 0.854. The van der Waals surface area contributed by atoms with Crippen LogP contribution in [0.4, 0.5) is 5.69 Å². The van der Waals surface area contributed by atoms with E-state index in [2.05, 4.69) is 9.46 Å². The zero-order chi connectivity index (χ0) is 16.2. The number of ether oxygens (including phenoxy) is 2. The molecule has 0 fully saturated rings. The number of hydrogen-bond acceptors (Lipinski definition) is 5. The number of carbonyl (C=O) groups is 1. The molecule has 0 aliphatic carbocycles. The molecule has 2 aromatic rings. The minimum absolute atomic E-state index is 0.133. The highest BCUT2D eigenvalue weighted by Gasteiger charge is 2.17. The van der Waals surface area contributed by atoms with Crippen molar-refractivity contribution in [3.8, 4) is 5.75 Å². The second-order valence-corrected chi connectivity index (χ2v) is 6.01. The third kappa shape index (κ3) is 3.37. The topological polar surface area (TPSA) is 81.7 Å². The van der Waals surface area contributed by atoms with Gasteiger partial charge in [-0.15, -0.1) is 0 Å². The van der Waals surface area contributed by atoms with Crippen molar-refractivity contribution in [3.05, 3.63) is 54.1 Å². The maximum atomic E-state index is 12.3. The van der Waals surface area contributed by atoms with E-state index in [1.807, 2.05) is 0 Å². The third-order valence-electron chi connectivity index (χ3n) is 2.92. The summed E-state index contributed by atoms with van der Waals surface area (Å²) in [4.78, 5) is 11.6. The molecule has 1 N–H and O–H groups in total. The molecule has 116 valence electrons. The minimum Gasteiger partial charge on any atom is -0.495 e. The first-order valence-electron chi connectivity index (χ1n) is 6.32. The number of nitrogens with one attached hydrogen (secondary N) is 1. The molecule has 2 rings (SSSR count). The van der Waals surface area contributed by atoms with Crippen molar-refractivity contribution in [2.75, 3.05) is 18.9 Å². The van der Waals surface area contributed by atoms with Crippen molar-refractivity contribution in [1.29, 1.82) is 0 Å². The lowest BCUT2D eigenvalue weighted by Gasteiger charge is -2.12. The molecule has 0 aliphatic heterocycles. The van der Waals surface area contributed by atoms with E-state index in [0.717, 1.165) is 0 Å². The van der Waals surface area contributed by atoms with Crippen molar-refractivity contribution in [3.63, 3.8) is 0 Å². The third-order valence-corrected chi connectivity index (χ3v) is 4.30. The molecule has 2 aromatic carbocycles. The number of esters is 1. The maximum absolute atomic E-state index is 12.3. The van der Waals surface area contributed by atoms with Gasteiger partial charge in [0.15, 0.2) is 0 Å². The fraction of sp³-hybridized carbons (Fsp3) is 0.133. The molecule has 0 atom stereocenters. The summed E-state index contributed by atoms with van der Waals surface area (Å²) < 4.78 is 36.7. The molecule has 0 spiro atoms. The van der Waals surface area contributed by atoms with Gasteiger partial charge in [0, 0.05) is 0 Å². The van der Waals surface area contributed by atoms with Crippen LogP contribution in [0.25, 0.3) is 0 Å². The summed E-state index contributed by atoms with van der Waals surface area (Å²) in [6.07, 6.45) is 0. The summed E-state index contributed by atoms with van der Waals surface area (Å²) in [7, 11) is -1.08. The predicted octanol–water partition coefficient (Wildman–Crippen LogP) is 2.28. The van der Waals surface area contributed by atoms with Crippen molar-refractivity contribution in [2.24, 2.45) is 0 Å². The van der Waals surface area contributed by atoms with E-state index >= 15 is 0 Å². The van der Waals surface area contributed by atoms with Gasteiger partial charge in [0.2, 0.25) is 0 Å². The first-order chi connectivity index (χ1) is 10.5. The van der Waals surface area contributed by atoms with Crippen LogP contribution in [0.15, 0.2) is 53.4 Å². The van der Waals surface area contributed by atoms with Gasteiger partial charge in [0.05, 0.1) is 30.4 Å². The highest BCUT2D eigenvalue weighted by Crippen LogP contribution is 2.28. The number of hydrogen-bond donors (Lipinski definition) is 1.